The molecule has 1 spiro atoms. The Morgan fingerprint density at radius 2 is 1.91 bits per heavy atom. The Labute approximate surface area is 211 Å². The summed E-state index contributed by atoms with van der Waals surface area (Å²) in [7, 11) is 0. The van der Waals surface area contributed by atoms with Gasteiger partial charge in [-0.2, -0.15) is 0 Å². The van der Waals surface area contributed by atoms with E-state index in [9.17, 15) is 25.2 Å². The summed E-state index contributed by atoms with van der Waals surface area (Å²) in [6.45, 7) is 11.7. The minimum Gasteiger partial charge on any atom is -0.396 e. The lowest BCUT2D eigenvalue weighted by Gasteiger charge is -2.55. The summed E-state index contributed by atoms with van der Waals surface area (Å²) >= 11 is 0. The standard InChI is InChI=1S/C30H46O5/c1-21(2)9-6-10-22(3)11-7-12-24(20-33)26-15-17-30(28(26)34)27(13-8-18-31)25(23(4)19-32)14-16-29(30,5)35/h7,9,11-12,19,26-28,31,33-35H,3,6,8,10,13-18,20H2,1-2,4-5H3/b11-7+,24-12-,25-23+/t26-,27+,28-,29-,30-/m0/s1. The number of carbonyl (C=O) groups is 1. The average Bonchev–Trinajstić information content (AvgIpc) is 3.15. The van der Waals surface area contributed by atoms with Gasteiger partial charge < -0.3 is 20.4 Å². The van der Waals surface area contributed by atoms with Gasteiger partial charge in [-0.1, -0.05) is 47.6 Å². The first-order valence-electron chi connectivity index (χ1n) is 13.0. The molecular weight excluding hydrogens is 440 g/mol. The molecule has 2 fully saturated rings. The van der Waals surface area contributed by atoms with Crippen molar-refractivity contribution in [2.45, 2.75) is 90.8 Å². The first-order valence-corrected chi connectivity index (χ1v) is 13.0. The zero-order valence-corrected chi connectivity index (χ0v) is 22.1. The summed E-state index contributed by atoms with van der Waals surface area (Å²) in [4.78, 5) is 11.7. The van der Waals surface area contributed by atoms with Gasteiger partial charge in [0.2, 0.25) is 0 Å². The van der Waals surface area contributed by atoms with Gasteiger partial charge in [0.05, 0.1) is 18.3 Å². The summed E-state index contributed by atoms with van der Waals surface area (Å²) in [5, 5.41) is 43.1. The lowest BCUT2D eigenvalue weighted by molar-refractivity contribution is -0.167. The van der Waals surface area contributed by atoms with Crippen molar-refractivity contribution in [1.82, 2.24) is 0 Å². The minimum atomic E-state index is -1.12. The molecule has 35 heavy (non-hydrogen) atoms. The number of hydrogen-bond donors (Lipinski definition) is 4. The Kier molecular flexibility index (Phi) is 10.9. The monoisotopic (exact) mass is 486 g/mol. The average molecular weight is 487 g/mol. The van der Waals surface area contributed by atoms with Gasteiger partial charge in [0, 0.05) is 17.9 Å². The molecule has 0 saturated heterocycles. The number of carbonyl (C=O) groups excluding carboxylic acids is 1. The second-order valence-corrected chi connectivity index (χ2v) is 10.9. The van der Waals surface area contributed by atoms with E-state index in [0.29, 0.717) is 44.1 Å². The predicted molar refractivity (Wildman–Crippen MR) is 142 cm³/mol. The largest absolute Gasteiger partial charge is 0.396 e. The second kappa shape index (κ2) is 13.0. The van der Waals surface area contributed by atoms with Crippen LogP contribution in [0.2, 0.25) is 0 Å². The molecule has 0 radical (unpaired) electrons. The predicted octanol–water partition coefficient (Wildman–Crippen LogP) is 4.97. The maximum Gasteiger partial charge on any atom is 0.145 e. The Morgan fingerprint density at radius 1 is 1.20 bits per heavy atom. The highest BCUT2D eigenvalue weighted by molar-refractivity contribution is 5.74. The Hall–Kier alpha value is -1.79. The molecule has 4 N–H and O–H groups in total. The van der Waals surface area contributed by atoms with Crippen LogP contribution in [0.3, 0.4) is 0 Å². The molecule has 0 heterocycles. The molecule has 5 atom stereocenters. The van der Waals surface area contributed by atoms with Crippen LogP contribution < -0.4 is 0 Å². The number of rotatable bonds is 11. The van der Waals surface area contributed by atoms with Crippen molar-refractivity contribution >= 4 is 6.29 Å². The smallest absolute Gasteiger partial charge is 0.145 e. The molecule has 0 unspecified atom stereocenters. The molecule has 5 nitrogen and oxygen atoms in total. The van der Waals surface area contributed by atoms with Gasteiger partial charge in [0.1, 0.15) is 6.29 Å². The van der Waals surface area contributed by atoms with Gasteiger partial charge in [-0.3, -0.25) is 4.79 Å². The Bertz CT molecular complexity index is 871. The summed E-state index contributed by atoms with van der Waals surface area (Å²) in [6.07, 6.45) is 13.1. The van der Waals surface area contributed by atoms with E-state index < -0.39 is 17.1 Å². The van der Waals surface area contributed by atoms with Crippen LogP contribution in [0, 0.1) is 17.3 Å². The van der Waals surface area contributed by atoms with Gasteiger partial charge in [-0.05, 0) is 96.1 Å². The van der Waals surface area contributed by atoms with Crippen molar-refractivity contribution in [3.05, 3.63) is 58.7 Å². The molecule has 0 aliphatic heterocycles. The van der Waals surface area contributed by atoms with Gasteiger partial charge in [0.15, 0.2) is 0 Å². The van der Waals surface area contributed by atoms with Crippen molar-refractivity contribution in [1.29, 1.82) is 0 Å². The van der Waals surface area contributed by atoms with Crippen LogP contribution in [0.15, 0.2) is 58.7 Å². The molecule has 0 aromatic carbocycles. The number of aliphatic hydroxyl groups is 4. The first-order chi connectivity index (χ1) is 16.6. The number of hydrogen-bond acceptors (Lipinski definition) is 5. The molecule has 0 aromatic rings. The fraction of sp³-hybridized carbons (Fsp3) is 0.633. The zero-order valence-electron chi connectivity index (χ0n) is 22.1. The van der Waals surface area contributed by atoms with E-state index >= 15 is 0 Å². The Morgan fingerprint density at radius 3 is 2.51 bits per heavy atom. The maximum absolute atomic E-state index is 11.8. The third-order valence-corrected chi connectivity index (χ3v) is 8.36. The van der Waals surface area contributed by atoms with E-state index in [1.165, 1.54) is 5.57 Å². The van der Waals surface area contributed by atoms with Crippen LogP contribution in [0.4, 0.5) is 0 Å². The maximum atomic E-state index is 11.8. The molecule has 2 rings (SSSR count). The minimum absolute atomic E-state index is 0.0196. The molecule has 0 aromatic heterocycles. The van der Waals surface area contributed by atoms with Crippen LogP contribution in [0.1, 0.15) is 79.1 Å². The number of allylic oxidation sites excluding steroid dienone is 8. The van der Waals surface area contributed by atoms with Gasteiger partial charge >= 0.3 is 0 Å². The van der Waals surface area contributed by atoms with E-state index in [0.717, 1.165) is 35.8 Å². The van der Waals surface area contributed by atoms with Crippen molar-refractivity contribution in [2.75, 3.05) is 13.2 Å². The lowest BCUT2D eigenvalue weighted by atomic mass is 9.52. The highest BCUT2D eigenvalue weighted by Crippen LogP contribution is 2.62. The lowest BCUT2D eigenvalue weighted by Crippen LogP contribution is -2.59. The summed E-state index contributed by atoms with van der Waals surface area (Å²) < 4.78 is 0. The third kappa shape index (κ3) is 6.51. The number of aldehydes is 1. The third-order valence-electron chi connectivity index (χ3n) is 8.36. The van der Waals surface area contributed by atoms with Crippen molar-refractivity contribution in [2.24, 2.45) is 17.3 Å². The highest BCUT2D eigenvalue weighted by Gasteiger charge is 2.63. The van der Waals surface area contributed by atoms with Crippen LogP contribution in [-0.2, 0) is 4.79 Å². The van der Waals surface area contributed by atoms with E-state index in [-0.39, 0.29) is 25.0 Å². The van der Waals surface area contributed by atoms with Crippen LogP contribution in [0.25, 0.3) is 0 Å². The summed E-state index contributed by atoms with van der Waals surface area (Å²) in [6, 6.07) is 0. The van der Waals surface area contributed by atoms with Crippen molar-refractivity contribution in [3.63, 3.8) is 0 Å². The van der Waals surface area contributed by atoms with Crippen molar-refractivity contribution < 1.29 is 25.2 Å². The summed E-state index contributed by atoms with van der Waals surface area (Å²) in [5.41, 5.74) is 2.71. The molecule has 0 bridgehead atoms. The molecule has 0 amide bonds. The molecule has 196 valence electrons. The van der Waals surface area contributed by atoms with E-state index in [4.69, 9.17) is 0 Å². The second-order valence-electron chi connectivity index (χ2n) is 10.9. The van der Waals surface area contributed by atoms with Crippen molar-refractivity contribution in [3.8, 4) is 0 Å². The topological polar surface area (TPSA) is 98.0 Å². The van der Waals surface area contributed by atoms with E-state index in [1.54, 1.807) is 13.8 Å². The van der Waals surface area contributed by atoms with Gasteiger partial charge in [-0.15, -0.1) is 0 Å². The highest BCUT2D eigenvalue weighted by atomic mass is 16.3. The quantitative estimate of drug-likeness (QED) is 0.143. The first kappa shape index (κ1) is 29.4. The van der Waals surface area contributed by atoms with E-state index in [1.807, 2.05) is 18.2 Å². The molecular formula is C30H46O5. The number of aliphatic hydroxyl groups excluding tert-OH is 3. The fourth-order valence-corrected chi connectivity index (χ4v) is 6.39. The van der Waals surface area contributed by atoms with Crippen LogP contribution in [-0.4, -0.2) is 51.6 Å². The fourth-order valence-electron chi connectivity index (χ4n) is 6.39. The van der Waals surface area contributed by atoms with Gasteiger partial charge in [0.25, 0.3) is 0 Å². The Balaban J connectivity index is 2.35. The van der Waals surface area contributed by atoms with Crippen LogP contribution in [0.5, 0.6) is 0 Å². The van der Waals surface area contributed by atoms with E-state index in [2.05, 4.69) is 26.5 Å². The van der Waals surface area contributed by atoms with Crippen LogP contribution >= 0.6 is 0 Å². The summed E-state index contributed by atoms with van der Waals surface area (Å²) in [5.74, 6) is -0.489. The zero-order chi connectivity index (χ0) is 26.2. The molecule has 2 aliphatic rings. The molecule has 5 heteroatoms. The normalized spacial score (nSPS) is 32.8. The van der Waals surface area contributed by atoms with Gasteiger partial charge in [-0.25, -0.2) is 0 Å². The molecule has 2 aliphatic carbocycles. The molecule has 2 saturated carbocycles. The SMILES string of the molecule is C=C(/C=C/C=C(/CO)[C@@H]1CC[C@]2([C@H](CCCO)/C(=C(\C)C=O)CC[C@]2(C)O)[C@H]1O)CCC=C(C)C.